The Morgan fingerprint density at radius 1 is 0.958 bits per heavy atom. The Kier molecular flexibility index (Phi) is 5.41. The van der Waals surface area contributed by atoms with Gasteiger partial charge in [-0.25, -0.2) is 0 Å². The maximum atomic E-state index is 12.0. The number of hydrogen-bond acceptors (Lipinski definition) is 2. The van der Waals surface area contributed by atoms with Crippen LogP contribution in [0.25, 0.3) is 10.8 Å². The molecule has 1 N–H and O–H groups in total. The predicted molar refractivity (Wildman–Crippen MR) is 100 cm³/mol. The van der Waals surface area contributed by atoms with Crippen LogP contribution in [0.4, 0.5) is 0 Å². The van der Waals surface area contributed by atoms with Crippen LogP contribution in [-0.2, 0) is 23.0 Å². The van der Waals surface area contributed by atoms with Gasteiger partial charge in [0, 0.05) is 5.39 Å². The lowest BCUT2D eigenvalue weighted by Crippen LogP contribution is -2.10. The van der Waals surface area contributed by atoms with Crippen molar-refractivity contribution in [1.29, 1.82) is 0 Å². The lowest BCUT2D eigenvalue weighted by Gasteiger charge is -2.21. The van der Waals surface area contributed by atoms with E-state index in [0.29, 0.717) is 22.8 Å². The van der Waals surface area contributed by atoms with E-state index in [1.165, 1.54) is 5.56 Å². The summed E-state index contributed by atoms with van der Waals surface area (Å²) in [6.45, 7) is 12.4. The monoisotopic (exact) mass is 348 g/mol. The summed E-state index contributed by atoms with van der Waals surface area (Å²) in [7, 11) is -4.27. The Balaban J connectivity index is 3.01. The summed E-state index contributed by atoms with van der Waals surface area (Å²) in [5.41, 5.74) is 4.00. The zero-order chi connectivity index (χ0) is 18.2. The molecule has 0 bridgehead atoms. The van der Waals surface area contributed by atoms with Gasteiger partial charge >= 0.3 is 0 Å². The Bertz CT molecular complexity index is 862. The molecule has 2 rings (SSSR count). The van der Waals surface area contributed by atoms with E-state index in [1.54, 1.807) is 6.92 Å². The molecule has 0 atom stereocenters. The van der Waals surface area contributed by atoms with Gasteiger partial charge in [0.2, 0.25) is 0 Å². The molecule has 132 valence electrons. The van der Waals surface area contributed by atoms with Gasteiger partial charge in [0.1, 0.15) is 4.90 Å². The second-order valence-electron chi connectivity index (χ2n) is 7.57. The van der Waals surface area contributed by atoms with Crippen molar-refractivity contribution < 1.29 is 13.0 Å². The van der Waals surface area contributed by atoms with E-state index < -0.39 is 10.1 Å². The largest absolute Gasteiger partial charge is 0.295 e. The normalized spacial score (nSPS) is 12.5. The molecule has 0 aliphatic rings. The standard InChI is InChI=1S/C20H28O3S/c1-12(2)10-16-8-7-9-17-19(16)18(11-13(3)4)14(5)15(6)20(17)24(21,22)23/h7-9,12-13H,10-11H2,1-6H3,(H,21,22,23). The summed E-state index contributed by atoms with van der Waals surface area (Å²) < 4.78 is 33.9. The van der Waals surface area contributed by atoms with E-state index >= 15 is 0 Å². The molecule has 0 saturated carbocycles. The predicted octanol–water partition coefficient (Wildman–Crippen LogP) is 5.10. The highest BCUT2D eigenvalue weighted by Crippen LogP contribution is 2.36. The Hall–Kier alpha value is -1.39. The Labute approximate surface area is 145 Å². The van der Waals surface area contributed by atoms with Gasteiger partial charge in [-0.05, 0) is 66.2 Å². The van der Waals surface area contributed by atoms with Crippen molar-refractivity contribution in [3.05, 3.63) is 40.5 Å². The molecule has 2 aromatic carbocycles. The van der Waals surface area contributed by atoms with Crippen LogP contribution in [0.3, 0.4) is 0 Å². The molecule has 0 unspecified atom stereocenters. The first-order chi connectivity index (χ1) is 11.0. The first-order valence-electron chi connectivity index (χ1n) is 8.55. The third-order valence-corrected chi connectivity index (χ3v) is 5.59. The van der Waals surface area contributed by atoms with Crippen molar-refractivity contribution in [2.45, 2.75) is 59.3 Å². The van der Waals surface area contributed by atoms with E-state index in [1.807, 2.05) is 19.1 Å². The molecule has 0 radical (unpaired) electrons. The molecule has 4 heteroatoms. The molecule has 2 aromatic rings. The second kappa shape index (κ2) is 6.85. The third kappa shape index (κ3) is 3.65. The SMILES string of the molecule is Cc1c(C)c(CC(C)C)c2c(CC(C)C)cccc2c1S(=O)(=O)O. The minimum Gasteiger partial charge on any atom is -0.282 e. The van der Waals surface area contributed by atoms with Gasteiger partial charge in [-0.1, -0.05) is 45.9 Å². The van der Waals surface area contributed by atoms with Crippen molar-refractivity contribution in [3.63, 3.8) is 0 Å². The average Bonchev–Trinajstić information content (AvgIpc) is 2.41. The summed E-state index contributed by atoms with van der Waals surface area (Å²) in [6, 6.07) is 5.79. The van der Waals surface area contributed by atoms with Gasteiger partial charge in [0.25, 0.3) is 10.1 Å². The fraction of sp³-hybridized carbons (Fsp3) is 0.500. The minimum absolute atomic E-state index is 0.0631. The van der Waals surface area contributed by atoms with Crippen molar-refractivity contribution in [3.8, 4) is 0 Å². The first-order valence-corrected chi connectivity index (χ1v) is 9.99. The summed E-state index contributed by atoms with van der Waals surface area (Å²) in [5, 5.41) is 1.66. The Morgan fingerprint density at radius 2 is 1.54 bits per heavy atom. The average molecular weight is 349 g/mol. The van der Waals surface area contributed by atoms with Gasteiger partial charge in [-0.2, -0.15) is 8.42 Å². The van der Waals surface area contributed by atoms with Gasteiger partial charge < -0.3 is 0 Å². The van der Waals surface area contributed by atoms with Gasteiger partial charge in [0.15, 0.2) is 0 Å². The van der Waals surface area contributed by atoms with Crippen molar-refractivity contribution in [2.24, 2.45) is 11.8 Å². The smallest absolute Gasteiger partial charge is 0.282 e. The van der Waals surface area contributed by atoms with E-state index in [4.69, 9.17) is 0 Å². The molecule has 0 amide bonds. The maximum Gasteiger partial charge on any atom is 0.295 e. The summed E-state index contributed by atoms with van der Waals surface area (Å²) in [5.74, 6) is 0.938. The lowest BCUT2D eigenvalue weighted by molar-refractivity contribution is 0.483. The molecule has 0 spiro atoms. The van der Waals surface area contributed by atoms with Gasteiger partial charge in [-0.3, -0.25) is 4.55 Å². The first kappa shape index (κ1) is 18.9. The van der Waals surface area contributed by atoms with Crippen LogP contribution >= 0.6 is 0 Å². The molecule has 0 aliphatic carbocycles. The van der Waals surface area contributed by atoms with Crippen LogP contribution in [0.5, 0.6) is 0 Å². The van der Waals surface area contributed by atoms with Crippen molar-refractivity contribution in [2.75, 3.05) is 0 Å². The number of rotatable bonds is 5. The van der Waals surface area contributed by atoms with E-state index in [2.05, 4.69) is 33.8 Å². The minimum atomic E-state index is -4.27. The molecular weight excluding hydrogens is 320 g/mol. The van der Waals surface area contributed by atoms with Crippen molar-refractivity contribution in [1.82, 2.24) is 0 Å². The fourth-order valence-corrected chi connectivity index (χ4v) is 4.53. The maximum absolute atomic E-state index is 12.0. The van der Waals surface area contributed by atoms with Gasteiger partial charge in [-0.15, -0.1) is 0 Å². The van der Waals surface area contributed by atoms with E-state index in [-0.39, 0.29) is 4.90 Å². The topological polar surface area (TPSA) is 54.4 Å². The van der Waals surface area contributed by atoms with Crippen LogP contribution < -0.4 is 0 Å². The van der Waals surface area contributed by atoms with Crippen LogP contribution in [0.1, 0.15) is 49.9 Å². The molecule has 3 nitrogen and oxygen atoms in total. The second-order valence-corrected chi connectivity index (χ2v) is 8.93. The summed E-state index contributed by atoms with van der Waals surface area (Å²) >= 11 is 0. The third-order valence-electron chi connectivity index (χ3n) is 4.55. The van der Waals surface area contributed by atoms with E-state index in [0.717, 1.165) is 29.4 Å². The number of fused-ring (bicyclic) bond motifs is 1. The number of benzene rings is 2. The zero-order valence-electron chi connectivity index (χ0n) is 15.5. The molecule has 0 fully saturated rings. The summed E-state index contributed by atoms with van der Waals surface area (Å²) in [6.07, 6.45) is 1.78. The molecule has 0 heterocycles. The molecule has 0 aromatic heterocycles. The van der Waals surface area contributed by atoms with Crippen LogP contribution in [0.15, 0.2) is 23.1 Å². The molecule has 0 saturated heterocycles. The van der Waals surface area contributed by atoms with Crippen LogP contribution in [0, 0.1) is 25.7 Å². The Morgan fingerprint density at radius 3 is 2.04 bits per heavy atom. The zero-order valence-corrected chi connectivity index (χ0v) is 16.3. The molecular formula is C20H28O3S. The molecule has 0 aliphatic heterocycles. The lowest BCUT2D eigenvalue weighted by atomic mass is 9.86. The number of hydrogen-bond donors (Lipinski definition) is 1. The quantitative estimate of drug-likeness (QED) is 0.765. The summed E-state index contributed by atoms with van der Waals surface area (Å²) in [4.78, 5) is 0.0631. The highest BCUT2D eigenvalue weighted by molar-refractivity contribution is 7.86. The highest BCUT2D eigenvalue weighted by Gasteiger charge is 2.24. The fourth-order valence-electron chi connectivity index (χ4n) is 3.54. The van der Waals surface area contributed by atoms with Gasteiger partial charge in [0.05, 0.1) is 0 Å². The van der Waals surface area contributed by atoms with Crippen LogP contribution in [-0.4, -0.2) is 13.0 Å². The highest BCUT2D eigenvalue weighted by atomic mass is 32.2. The van der Waals surface area contributed by atoms with Crippen LogP contribution in [0.2, 0.25) is 0 Å². The molecule has 24 heavy (non-hydrogen) atoms. The van der Waals surface area contributed by atoms with E-state index in [9.17, 15) is 13.0 Å². The van der Waals surface area contributed by atoms with Crippen molar-refractivity contribution >= 4 is 20.9 Å².